The van der Waals surface area contributed by atoms with Crippen LogP contribution < -0.4 is 0 Å². The lowest BCUT2D eigenvalue weighted by Crippen LogP contribution is -2.43. The van der Waals surface area contributed by atoms with Gasteiger partial charge >= 0.3 is 12.1 Å². The highest BCUT2D eigenvalue weighted by atomic mass is 16.7. The number of H-pyrrole nitrogens is 1. The van der Waals surface area contributed by atoms with E-state index in [1.807, 2.05) is 19.1 Å². The standard InChI is InChI=1S/C26H32N2O5/c1-6-16-14-28-12-11-18-17-9-7-8-10-21(17)27-23(18)22(28)13-19(16)20(24(29)31-5)15-32-25(30)33-26(2,3)4/h6-10,15,19,22,27H,11-14H2,1-5H3/b16-6-,20-15-/t19-,22+/m0/s1. The number of nitrogens with one attached hydrogen (secondary N) is 1. The lowest BCUT2D eigenvalue weighted by molar-refractivity contribution is -0.137. The summed E-state index contributed by atoms with van der Waals surface area (Å²) in [5.41, 5.74) is 4.43. The Bertz CT molecular complexity index is 1120. The highest BCUT2D eigenvalue weighted by Gasteiger charge is 2.40. The highest BCUT2D eigenvalue weighted by molar-refractivity contribution is 5.90. The maximum absolute atomic E-state index is 12.7. The van der Waals surface area contributed by atoms with Gasteiger partial charge in [-0.15, -0.1) is 0 Å². The fourth-order valence-electron chi connectivity index (χ4n) is 4.94. The number of para-hydroxylation sites is 1. The van der Waals surface area contributed by atoms with Gasteiger partial charge in [0.15, 0.2) is 0 Å². The van der Waals surface area contributed by atoms with Crippen LogP contribution in [0.1, 0.15) is 51.4 Å². The van der Waals surface area contributed by atoms with E-state index in [1.165, 1.54) is 30.0 Å². The van der Waals surface area contributed by atoms with Crippen molar-refractivity contribution in [1.82, 2.24) is 9.88 Å². The van der Waals surface area contributed by atoms with Crippen LogP contribution >= 0.6 is 0 Å². The van der Waals surface area contributed by atoms with E-state index in [9.17, 15) is 9.59 Å². The number of aromatic nitrogens is 1. The molecule has 7 nitrogen and oxygen atoms in total. The van der Waals surface area contributed by atoms with E-state index in [-0.39, 0.29) is 12.0 Å². The molecule has 0 saturated carbocycles. The Balaban J connectivity index is 1.66. The molecule has 1 saturated heterocycles. The number of carbonyl (C=O) groups excluding carboxylic acids is 2. The third kappa shape index (κ3) is 4.69. The van der Waals surface area contributed by atoms with Gasteiger partial charge in [-0.2, -0.15) is 0 Å². The minimum Gasteiger partial charge on any atom is -0.466 e. The van der Waals surface area contributed by atoms with Crippen LogP contribution in [0.15, 0.2) is 47.7 Å². The van der Waals surface area contributed by atoms with E-state index in [4.69, 9.17) is 14.2 Å². The van der Waals surface area contributed by atoms with Crippen LogP contribution in [-0.2, 0) is 25.4 Å². The van der Waals surface area contributed by atoms with E-state index in [2.05, 4.69) is 28.1 Å². The first-order valence-electron chi connectivity index (χ1n) is 11.4. The average molecular weight is 453 g/mol. The van der Waals surface area contributed by atoms with Gasteiger partial charge in [-0.05, 0) is 52.2 Å². The van der Waals surface area contributed by atoms with E-state index >= 15 is 0 Å². The van der Waals surface area contributed by atoms with Gasteiger partial charge in [-0.25, -0.2) is 9.59 Å². The van der Waals surface area contributed by atoms with Gasteiger partial charge in [0.2, 0.25) is 0 Å². The number of fused-ring (bicyclic) bond motifs is 5. The maximum Gasteiger partial charge on any atom is 0.513 e. The fourth-order valence-corrected chi connectivity index (χ4v) is 4.94. The Morgan fingerprint density at radius 2 is 1.97 bits per heavy atom. The topological polar surface area (TPSA) is 80.9 Å². The lowest BCUT2D eigenvalue weighted by Gasteiger charge is -2.43. The number of rotatable bonds is 3. The summed E-state index contributed by atoms with van der Waals surface area (Å²) in [5, 5.41) is 1.26. The molecule has 0 spiro atoms. The molecule has 2 aromatic rings. The molecule has 1 aromatic carbocycles. The Kier molecular flexibility index (Phi) is 6.34. The van der Waals surface area contributed by atoms with E-state index in [0.29, 0.717) is 12.0 Å². The zero-order valence-electron chi connectivity index (χ0n) is 19.9. The number of esters is 1. The van der Waals surface area contributed by atoms with Crippen molar-refractivity contribution in [2.75, 3.05) is 20.2 Å². The molecular formula is C26H32N2O5. The second kappa shape index (κ2) is 9.06. The maximum atomic E-state index is 12.7. The normalized spacial score (nSPS) is 22.6. The Morgan fingerprint density at radius 1 is 1.21 bits per heavy atom. The number of ether oxygens (including phenoxy) is 3. The molecule has 1 fully saturated rings. The van der Waals surface area contributed by atoms with Crippen LogP contribution in [0.4, 0.5) is 4.79 Å². The molecule has 2 aliphatic rings. The molecule has 2 aliphatic heterocycles. The number of allylic oxidation sites excluding steroid dienone is 1. The van der Waals surface area contributed by atoms with Gasteiger partial charge in [0, 0.05) is 35.6 Å². The molecule has 7 heteroatoms. The van der Waals surface area contributed by atoms with Gasteiger partial charge in [0.1, 0.15) is 11.9 Å². The van der Waals surface area contributed by atoms with Gasteiger partial charge < -0.3 is 19.2 Å². The Labute approximate surface area is 194 Å². The monoisotopic (exact) mass is 452 g/mol. The zero-order chi connectivity index (χ0) is 23.8. The molecule has 1 aromatic heterocycles. The van der Waals surface area contributed by atoms with E-state index in [0.717, 1.165) is 30.6 Å². The molecular weight excluding hydrogens is 420 g/mol. The number of benzene rings is 1. The van der Waals surface area contributed by atoms with Crippen molar-refractivity contribution in [2.24, 2.45) is 5.92 Å². The molecule has 0 aliphatic carbocycles. The molecule has 33 heavy (non-hydrogen) atoms. The molecule has 4 rings (SSSR count). The third-order valence-electron chi connectivity index (χ3n) is 6.40. The highest BCUT2D eigenvalue weighted by Crippen LogP contribution is 2.45. The largest absolute Gasteiger partial charge is 0.513 e. The summed E-state index contributed by atoms with van der Waals surface area (Å²) in [7, 11) is 1.34. The number of carbonyl (C=O) groups is 2. The van der Waals surface area contributed by atoms with Crippen molar-refractivity contribution in [3.05, 3.63) is 59.0 Å². The molecule has 1 N–H and O–H groups in total. The average Bonchev–Trinajstić information content (AvgIpc) is 3.16. The number of aromatic amines is 1. The fraction of sp³-hybridized carbons (Fsp3) is 0.462. The first-order valence-corrected chi connectivity index (χ1v) is 11.4. The number of nitrogens with zero attached hydrogens (tertiary/aromatic N) is 1. The van der Waals surface area contributed by atoms with Crippen LogP contribution in [-0.4, -0.2) is 47.8 Å². The van der Waals surface area contributed by atoms with Crippen molar-refractivity contribution < 1.29 is 23.8 Å². The molecule has 0 bridgehead atoms. The summed E-state index contributed by atoms with van der Waals surface area (Å²) in [5.74, 6) is -0.743. The zero-order valence-corrected chi connectivity index (χ0v) is 19.9. The summed E-state index contributed by atoms with van der Waals surface area (Å²) < 4.78 is 15.5. The van der Waals surface area contributed by atoms with Crippen molar-refractivity contribution in [3.63, 3.8) is 0 Å². The van der Waals surface area contributed by atoms with Gasteiger partial charge in [0.25, 0.3) is 0 Å². The first kappa shape index (κ1) is 23.1. The van der Waals surface area contributed by atoms with Crippen molar-refractivity contribution in [3.8, 4) is 0 Å². The second-order valence-electron chi connectivity index (χ2n) is 9.60. The molecule has 176 valence electrons. The minimum atomic E-state index is -0.848. The smallest absolute Gasteiger partial charge is 0.466 e. The van der Waals surface area contributed by atoms with Crippen LogP contribution in [0.25, 0.3) is 10.9 Å². The quantitative estimate of drug-likeness (QED) is 0.304. The number of hydrogen-bond donors (Lipinski definition) is 1. The lowest BCUT2D eigenvalue weighted by atomic mass is 9.78. The third-order valence-corrected chi connectivity index (χ3v) is 6.40. The van der Waals surface area contributed by atoms with Gasteiger partial charge in [-0.3, -0.25) is 4.90 Å². The summed E-state index contributed by atoms with van der Waals surface area (Å²) in [4.78, 5) is 31.0. The minimum absolute atomic E-state index is 0.129. The molecule has 2 atom stereocenters. The van der Waals surface area contributed by atoms with Crippen LogP contribution in [0.5, 0.6) is 0 Å². The van der Waals surface area contributed by atoms with Crippen molar-refractivity contribution in [1.29, 1.82) is 0 Å². The molecule has 3 heterocycles. The predicted molar refractivity (Wildman–Crippen MR) is 126 cm³/mol. The van der Waals surface area contributed by atoms with E-state index in [1.54, 1.807) is 20.8 Å². The molecule has 0 radical (unpaired) electrons. The van der Waals surface area contributed by atoms with Gasteiger partial charge in [-0.1, -0.05) is 29.8 Å². The van der Waals surface area contributed by atoms with Crippen LogP contribution in [0.3, 0.4) is 0 Å². The summed E-state index contributed by atoms with van der Waals surface area (Å²) >= 11 is 0. The first-order chi connectivity index (χ1) is 15.7. The summed E-state index contributed by atoms with van der Waals surface area (Å²) in [6, 6.07) is 8.49. The SMILES string of the molecule is C/C=C1/CN2CCc3c([nH]c4ccccc34)[C@H]2C[C@@H]1/C(=C/OC(=O)OC(C)(C)C)C(=O)OC. The van der Waals surface area contributed by atoms with E-state index < -0.39 is 17.7 Å². The van der Waals surface area contributed by atoms with Gasteiger partial charge in [0.05, 0.1) is 18.7 Å². The van der Waals surface area contributed by atoms with Crippen LogP contribution in [0, 0.1) is 5.92 Å². The van der Waals surface area contributed by atoms with Crippen LogP contribution in [0.2, 0.25) is 0 Å². The molecule has 0 unspecified atom stereocenters. The molecule has 0 amide bonds. The van der Waals surface area contributed by atoms with Crippen molar-refractivity contribution >= 4 is 23.0 Å². The Hall–Kier alpha value is -3.06. The Morgan fingerprint density at radius 3 is 2.67 bits per heavy atom. The predicted octanol–water partition coefficient (Wildman–Crippen LogP) is 5.04. The number of methoxy groups -OCH3 is 1. The van der Waals surface area contributed by atoms with Crippen molar-refractivity contribution in [2.45, 2.75) is 52.2 Å². The summed E-state index contributed by atoms with van der Waals surface area (Å²) in [6.07, 6.45) is 4.07. The summed E-state index contributed by atoms with van der Waals surface area (Å²) in [6.45, 7) is 8.94. The number of piperidine rings is 1. The second-order valence-corrected chi connectivity index (χ2v) is 9.60. The number of hydrogen-bond acceptors (Lipinski definition) is 6.